The number of hydrogen-bond donors (Lipinski definition) is 1. The van der Waals surface area contributed by atoms with Crippen LogP contribution >= 0.6 is 0 Å². The van der Waals surface area contributed by atoms with Crippen LogP contribution < -0.4 is 5.32 Å². The Bertz CT molecular complexity index is 500. The normalized spacial score (nSPS) is 15.6. The molecule has 0 saturated heterocycles. The zero-order valence-electron chi connectivity index (χ0n) is 12.4. The summed E-state index contributed by atoms with van der Waals surface area (Å²) < 4.78 is 0. The minimum Gasteiger partial charge on any atom is -0.342 e. The van der Waals surface area contributed by atoms with Crippen LogP contribution in [0.15, 0.2) is 24.3 Å². The molecule has 108 valence electrons. The largest absolute Gasteiger partial charge is 0.342 e. The van der Waals surface area contributed by atoms with Crippen LogP contribution in [-0.4, -0.2) is 29.8 Å². The third-order valence-corrected chi connectivity index (χ3v) is 3.95. The fourth-order valence-electron chi connectivity index (χ4n) is 2.36. The zero-order chi connectivity index (χ0) is 14.8. The molecule has 20 heavy (non-hydrogen) atoms. The van der Waals surface area contributed by atoms with E-state index >= 15 is 0 Å². The van der Waals surface area contributed by atoms with Crippen molar-refractivity contribution >= 4 is 17.5 Å². The van der Waals surface area contributed by atoms with Gasteiger partial charge in [0, 0.05) is 18.8 Å². The fourth-order valence-corrected chi connectivity index (χ4v) is 2.36. The Morgan fingerprint density at radius 3 is 2.15 bits per heavy atom. The number of carbonyl (C=O) groups excluding carboxylic acids is 2. The highest BCUT2D eigenvalue weighted by molar-refractivity contribution is 6.13. The van der Waals surface area contributed by atoms with Gasteiger partial charge in [0.05, 0.1) is 0 Å². The van der Waals surface area contributed by atoms with Crippen LogP contribution in [0.2, 0.25) is 0 Å². The van der Waals surface area contributed by atoms with Gasteiger partial charge in [-0.2, -0.15) is 0 Å². The Hall–Kier alpha value is -1.84. The lowest BCUT2D eigenvalue weighted by atomic mass is 10.0. The number of nitrogens with one attached hydrogen (secondary N) is 1. The molecule has 0 spiro atoms. The van der Waals surface area contributed by atoms with Crippen LogP contribution in [0.3, 0.4) is 0 Å². The Kier molecular flexibility index (Phi) is 4.12. The number of nitrogens with zero attached hydrogens (tertiary/aromatic N) is 1. The van der Waals surface area contributed by atoms with Crippen LogP contribution in [0.5, 0.6) is 0 Å². The highest BCUT2D eigenvalue weighted by Gasteiger charge is 2.57. The second-order valence-electron chi connectivity index (χ2n) is 5.38. The van der Waals surface area contributed by atoms with Gasteiger partial charge in [-0.1, -0.05) is 17.7 Å². The van der Waals surface area contributed by atoms with E-state index in [9.17, 15) is 9.59 Å². The van der Waals surface area contributed by atoms with E-state index in [1.54, 1.807) is 4.90 Å². The van der Waals surface area contributed by atoms with Crippen molar-refractivity contribution in [2.24, 2.45) is 5.41 Å². The maximum Gasteiger partial charge on any atom is 0.240 e. The molecule has 2 rings (SSSR count). The van der Waals surface area contributed by atoms with E-state index in [1.165, 1.54) is 0 Å². The number of benzene rings is 1. The average molecular weight is 274 g/mol. The highest BCUT2D eigenvalue weighted by Crippen LogP contribution is 2.48. The summed E-state index contributed by atoms with van der Waals surface area (Å²) in [7, 11) is 0. The van der Waals surface area contributed by atoms with Gasteiger partial charge in [-0.15, -0.1) is 0 Å². The quantitative estimate of drug-likeness (QED) is 0.839. The summed E-state index contributed by atoms with van der Waals surface area (Å²) in [6.07, 6.45) is 1.31. The molecule has 2 amide bonds. The molecule has 1 fully saturated rings. The molecule has 0 aromatic heterocycles. The van der Waals surface area contributed by atoms with Crippen LogP contribution in [0.1, 0.15) is 32.3 Å². The van der Waals surface area contributed by atoms with Crippen molar-refractivity contribution in [3.63, 3.8) is 0 Å². The average Bonchev–Trinajstić information content (AvgIpc) is 3.24. The third kappa shape index (κ3) is 2.69. The molecular formula is C16H22N2O2. The van der Waals surface area contributed by atoms with Crippen molar-refractivity contribution in [1.29, 1.82) is 0 Å². The topological polar surface area (TPSA) is 49.4 Å². The van der Waals surface area contributed by atoms with E-state index in [0.717, 1.165) is 11.3 Å². The Morgan fingerprint density at radius 2 is 1.70 bits per heavy atom. The number of hydrogen-bond acceptors (Lipinski definition) is 2. The Labute approximate surface area is 120 Å². The molecule has 1 N–H and O–H groups in total. The minimum absolute atomic E-state index is 0.0351. The summed E-state index contributed by atoms with van der Waals surface area (Å²) in [4.78, 5) is 26.6. The summed E-state index contributed by atoms with van der Waals surface area (Å²) in [5.41, 5.74) is 1.07. The minimum atomic E-state index is -0.823. The highest BCUT2D eigenvalue weighted by atomic mass is 16.2. The Morgan fingerprint density at radius 1 is 1.15 bits per heavy atom. The molecule has 0 heterocycles. The van der Waals surface area contributed by atoms with Crippen LogP contribution in [0.25, 0.3) is 0 Å². The van der Waals surface area contributed by atoms with Gasteiger partial charge in [0.15, 0.2) is 0 Å². The lowest BCUT2D eigenvalue weighted by Gasteiger charge is -2.24. The van der Waals surface area contributed by atoms with Crippen LogP contribution in [0, 0.1) is 12.3 Å². The van der Waals surface area contributed by atoms with Crippen molar-refractivity contribution < 1.29 is 9.59 Å². The number of carbonyl (C=O) groups is 2. The van der Waals surface area contributed by atoms with Crippen LogP contribution in [-0.2, 0) is 9.59 Å². The van der Waals surface area contributed by atoms with E-state index in [0.29, 0.717) is 25.9 Å². The summed E-state index contributed by atoms with van der Waals surface area (Å²) in [5.74, 6) is -0.203. The Balaban J connectivity index is 2.08. The summed E-state index contributed by atoms with van der Waals surface area (Å²) in [6.45, 7) is 7.17. The molecule has 4 heteroatoms. The first-order chi connectivity index (χ1) is 9.53. The maximum absolute atomic E-state index is 12.4. The maximum atomic E-state index is 12.4. The lowest BCUT2D eigenvalue weighted by molar-refractivity contribution is -0.141. The molecule has 4 nitrogen and oxygen atoms in total. The van der Waals surface area contributed by atoms with Crippen molar-refractivity contribution in [1.82, 2.24) is 4.90 Å². The number of rotatable bonds is 5. The predicted molar refractivity (Wildman–Crippen MR) is 79.4 cm³/mol. The molecule has 0 aliphatic heterocycles. The van der Waals surface area contributed by atoms with Gasteiger partial charge in [-0.05, 0) is 45.7 Å². The van der Waals surface area contributed by atoms with E-state index in [4.69, 9.17) is 0 Å². The number of anilines is 1. The van der Waals surface area contributed by atoms with Gasteiger partial charge in [-0.25, -0.2) is 0 Å². The smallest absolute Gasteiger partial charge is 0.240 e. The molecule has 1 aliphatic rings. The summed E-state index contributed by atoms with van der Waals surface area (Å²) in [5, 5.41) is 2.87. The van der Waals surface area contributed by atoms with Crippen molar-refractivity contribution in [3.05, 3.63) is 29.8 Å². The van der Waals surface area contributed by atoms with Gasteiger partial charge in [-0.3, -0.25) is 9.59 Å². The SMILES string of the molecule is CCN(CC)C(=O)C1(C(=O)Nc2ccc(C)cc2)CC1. The van der Waals surface area contributed by atoms with E-state index in [-0.39, 0.29) is 11.8 Å². The standard InChI is InChI=1S/C16H22N2O2/c1-4-18(5-2)15(20)16(10-11-16)14(19)17-13-8-6-12(3)7-9-13/h6-9H,4-5,10-11H2,1-3H3,(H,17,19). The lowest BCUT2D eigenvalue weighted by Crippen LogP contribution is -2.42. The van der Waals surface area contributed by atoms with E-state index in [2.05, 4.69) is 5.32 Å². The predicted octanol–water partition coefficient (Wildman–Crippen LogP) is 2.58. The molecule has 0 radical (unpaired) electrons. The molecule has 1 aliphatic carbocycles. The zero-order valence-corrected chi connectivity index (χ0v) is 12.4. The van der Waals surface area contributed by atoms with Crippen LogP contribution in [0.4, 0.5) is 5.69 Å². The second kappa shape index (κ2) is 5.65. The van der Waals surface area contributed by atoms with E-state index < -0.39 is 5.41 Å². The van der Waals surface area contributed by atoms with Crippen molar-refractivity contribution in [2.45, 2.75) is 33.6 Å². The third-order valence-electron chi connectivity index (χ3n) is 3.95. The monoisotopic (exact) mass is 274 g/mol. The first kappa shape index (κ1) is 14.6. The summed E-state index contributed by atoms with van der Waals surface area (Å²) in [6, 6.07) is 7.62. The molecule has 0 unspecified atom stereocenters. The van der Waals surface area contributed by atoms with Gasteiger partial charge in [0.2, 0.25) is 11.8 Å². The summed E-state index contributed by atoms with van der Waals surface area (Å²) >= 11 is 0. The molecule has 0 atom stereocenters. The number of amides is 2. The van der Waals surface area contributed by atoms with Gasteiger partial charge in [0.25, 0.3) is 0 Å². The van der Waals surface area contributed by atoms with Crippen molar-refractivity contribution in [2.75, 3.05) is 18.4 Å². The molecule has 1 aromatic carbocycles. The molecule has 1 aromatic rings. The van der Waals surface area contributed by atoms with Gasteiger partial charge < -0.3 is 10.2 Å². The van der Waals surface area contributed by atoms with Gasteiger partial charge >= 0.3 is 0 Å². The molecule has 1 saturated carbocycles. The molecule has 0 bridgehead atoms. The first-order valence-electron chi connectivity index (χ1n) is 7.21. The first-order valence-corrected chi connectivity index (χ1v) is 7.21. The second-order valence-corrected chi connectivity index (χ2v) is 5.38. The molecular weight excluding hydrogens is 252 g/mol. The van der Waals surface area contributed by atoms with Gasteiger partial charge in [0.1, 0.15) is 5.41 Å². The van der Waals surface area contributed by atoms with E-state index in [1.807, 2.05) is 45.0 Å². The number of aryl methyl sites for hydroxylation is 1. The van der Waals surface area contributed by atoms with Crippen molar-refractivity contribution in [3.8, 4) is 0 Å². The fraction of sp³-hybridized carbons (Fsp3) is 0.500.